The van der Waals surface area contributed by atoms with E-state index in [4.69, 9.17) is 31.7 Å². The summed E-state index contributed by atoms with van der Waals surface area (Å²) in [7, 11) is -4.50. The van der Waals surface area contributed by atoms with Crippen molar-refractivity contribution in [2.45, 2.75) is 118 Å². The quantitative estimate of drug-likeness (QED) is 0.162. The van der Waals surface area contributed by atoms with Crippen LogP contribution in [0.1, 0.15) is 87.0 Å². The molecule has 0 aliphatic heterocycles. The lowest BCUT2D eigenvalue weighted by molar-refractivity contribution is -0.368. The predicted molar refractivity (Wildman–Crippen MR) is 150 cm³/mol. The third kappa shape index (κ3) is 16.4. The highest BCUT2D eigenvalue weighted by Crippen LogP contribution is 2.45. The number of hydrogen-bond acceptors (Lipinski definition) is 7. The normalized spacial score (nSPS) is 19.0. The van der Waals surface area contributed by atoms with Crippen molar-refractivity contribution in [3.05, 3.63) is 0 Å². The second kappa shape index (κ2) is 20.6. The Morgan fingerprint density at radius 3 is 0.829 bits per heavy atom. The van der Waals surface area contributed by atoms with Gasteiger partial charge in [-0.2, -0.15) is 26.3 Å². The highest BCUT2D eigenvalue weighted by Gasteiger charge is 2.69. The van der Waals surface area contributed by atoms with Gasteiger partial charge in [0, 0.05) is 52.7 Å². The van der Waals surface area contributed by atoms with E-state index in [-0.39, 0.29) is 0 Å². The SMILES string of the molecule is C1CC2CCC1C2.CCC(O)(C(F)(F)F)C(F)(F)F.CCO[Si](C)(OCC)OCC.CCO[Si](C)(OCC)OCC. The summed E-state index contributed by atoms with van der Waals surface area (Å²) in [5, 5.41) is 8.24. The fourth-order valence-corrected chi connectivity index (χ4v) is 8.21. The summed E-state index contributed by atoms with van der Waals surface area (Å²) in [6, 6.07) is 0. The second-order valence-corrected chi connectivity index (χ2v) is 14.8. The summed E-state index contributed by atoms with van der Waals surface area (Å²) < 4.78 is 102. The molecule has 1 N–H and O–H groups in total. The summed E-state index contributed by atoms with van der Waals surface area (Å²) in [6.45, 7) is 20.1. The minimum atomic E-state index is -5.68. The molecule has 2 fully saturated rings. The highest BCUT2D eigenvalue weighted by atomic mass is 28.4. The number of halogens is 6. The molecule has 2 aliphatic carbocycles. The maximum absolute atomic E-state index is 11.6. The number of aliphatic hydroxyl groups is 1. The molecule has 2 rings (SSSR count). The standard InChI is InChI=1S/2C7H18O3Si.C7H12.C5H6F6O/c2*1-5-8-11(4,9-6-2)10-7-3;1-2-7-4-3-6(1)5-7;1-2-3(12,4(6,7)8)5(9,10)11/h2*5-7H2,1-4H3;6-7H,1-5H2;12H,2H2,1H3. The molecule has 0 saturated heterocycles. The van der Waals surface area contributed by atoms with Crippen LogP contribution in [0, 0.1) is 11.8 Å². The lowest BCUT2D eigenvalue weighted by Gasteiger charge is -2.30. The van der Waals surface area contributed by atoms with E-state index in [1.807, 2.05) is 54.6 Å². The first-order valence-electron chi connectivity index (χ1n) is 14.6. The van der Waals surface area contributed by atoms with Gasteiger partial charge in [-0.3, -0.25) is 0 Å². The maximum Gasteiger partial charge on any atom is 0.497 e. The van der Waals surface area contributed by atoms with Gasteiger partial charge in [-0.05, 0) is 66.2 Å². The van der Waals surface area contributed by atoms with Crippen LogP contribution in [0.15, 0.2) is 0 Å². The van der Waals surface area contributed by atoms with Crippen molar-refractivity contribution >= 4 is 17.6 Å². The summed E-state index contributed by atoms with van der Waals surface area (Å²) in [4.78, 5) is 0. The zero-order valence-electron chi connectivity index (χ0n) is 26.3. The fraction of sp³-hybridized carbons (Fsp3) is 1.00. The Labute approximate surface area is 245 Å². The van der Waals surface area contributed by atoms with E-state index in [1.54, 1.807) is 32.1 Å². The maximum atomic E-state index is 11.6. The van der Waals surface area contributed by atoms with Crippen molar-refractivity contribution in [2.75, 3.05) is 39.6 Å². The predicted octanol–water partition coefficient (Wildman–Crippen LogP) is 7.78. The molecule has 0 aromatic rings. The van der Waals surface area contributed by atoms with Crippen molar-refractivity contribution in [2.24, 2.45) is 11.8 Å². The molecule has 2 bridgehead atoms. The molecular formula is C26H54F6O7Si2. The van der Waals surface area contributed by atoms with Crippen LogP contribution in [0.3, 0.4) is 0 Å². The molecule has 0 amide bonds. The van der Waals surface area contributed by atoms with Crippen LogP contribution in [0.25, 0.3) is 0 Å². The van der Waals surface area contributed by atoms with Crippen LogP contribution >= 0.6 is 0 Å². The first-order valence-corrected chi connectivity index (χ1v) is 19.0. The van der Waals surface area contributed by atoms with Gasteiger partial charge in [-0.1, -0.05) is 32.6 Å². The van der Waals surface area contributed by atoms with Gasteiger partial charge in [0.15, 0.2) is 0 Å². The third-order valence-corrected chi connectivity index (χ3v) is 11.4. The molecule has 0 atom stereocenters. The van der Waals surface area contributed by atoms with Gasteiger partial charge in [0.25, 0.3) is 5.60 Å². The van der Waals surface area contributed by atoms with Gasteiger partial charge in [0.1, 0.15) is 0 Å². The Kier molecular flexibility index (Phi) is 21.6. The number of hydrogen-bond donors (Lipinski definition) is 1. The molecule has 15 heteroatoms. The van der Waals surface area contributed by atoms with E-state index in [0.29, 0.717) is 46.6 Å². The first-order chi connectivity index (χ1) is 18.9. The van der Waals surface area contributed by atoms with E-state index in [1.165, 1.54) is 11.8 Å². The van der Waals surface area contributed by atoms with Gasteiger partial charge < -0.3 is 31.7 Å². The van der Waals surface area contributed by atoms with Gasteiger partial charge in [0.05, 0.1) is 0 Å². The zero-order valence-corrected chi connectivity index (χ0v) is 28.3. The van der Waals surface area contributed by atoms with E-state index >= 15 is 0 Å². The topological polar surface area (TPSA) is 75.6 Å². The summed E-state index contributed by atoms with van der Waals surface area (Å²) in [6.07, 6.45) is -4.98. The van der Waals surface area contributed by atoms with Crippen molar-refractivity contribution in [3.8, 4) is 0 Å². The van der Waals surface area contributed by atoms with Crippen LogP contribution < -0.4 is 0 Å². The minimum Gasteiger partial charge on any atom is -0.374 e. The lowest BCUT2D eigenvalue weighted by atomic mass is 10.00. The molecule has 0 radical (unpaired) electrons. The summed E-state index contributed by atoms with van der Waals surface area (Å²) >= 11 is 0. The Morgan fingerprint density at radius 2 is 0.756 bits per heavy atom. The summed E-state index contributed by atoms with van der Waals surface area (Å²) in [5.74, 6) is 2.34. The average Bonchev–Trinajstić information content (AvgIpc) is 3.50. The Bertz CT molecular complexity index is 567. The molecule has 0 unspecified atom stereocenters. The molecular weight excluding hydrogens is 594 g/mol. The van der Waals surface area contributed by atoms with Crippen molar-refractivity contribution in [3.63, 3.8) is 0 Å². The lowest BCUT2D eigenvalue weighted by Crippen LogP contribution is -2.56. The Balaban J connectivity index is 0. The van der Waals surface area contributed by atoms with Crippen LogP contribution in [-0.4, -0.2) is 80.3 Å². The molecule has 0 aromatic carbocycles. The van der Waals surface area contributed by atoms with E-state index in [0.717, 1.165) is 0 Å². The molecule has 2 aliphatic rings. The van der Waals surface area contributed by atoms with Gasteiger partial charge >= 0.3 is 30.0 Å². The van der Waals surface area contributed by atoms with Crippen LogP contribution in [0.4, 0.5) is 26.3 Å². The number of alkyl halides is 6. The fourth-order valence-electron chi connectivity index (χ4n) is 4.56. The van der Waals surface area contributed by atoms with Crippen LogP contribution in [0.2, 0.25) is 13.1 Å². The van der Waals surface area contributed by atoms with E-state index in [2.05, 4.69) is 0 Å². The largest absolute Gasteiger partial charge is 0.497 e. The summed E-state index contributed by atoms with van der Waals surface area (Å²) in [5.41, 5.74) is -4.58. The number of fused-ring (bicyclic) bond motifs is 2. The van der Waals surface area contributed by atoms with Gasteiger partial charge in [-0.15, -0.1) is 0 Å². The van der Waals surface area contributed by atoms with Crippen molar-refractivity contribution < 1.29 is 58.0 Å². The molecule has 7 nitrogen and oxygen atoms in total. The zero-order chi connectivity index (χ0) is 32.4. The smallest absolute Gasteiger partial charge is 0.374 e. The molecule has 0 aromatic heterocycles. The first kappa shape index (κ1) is 42.9. The Morgan fingerprint density at radius 1 is 0.537 bits per heavy atom. The Hall–Kier alpha value is -0.266. The van der Waals surface area contributed by atoms with Gasteiger partial charge in [-0.25, -0.2) is 0 Å². The van der Waals surface area contributed by atoms with Crippen molar-refractivity contribution in [1.82, 2.24) is 0 Å². The average molecular weight is 649 g/mol. The molecule has 41 heavy (non-hydrogen) atoms. The van der Waals surface area contributed by atoms with Gasteiger partial charge in [0.2, 0.25) is 0 Å². The molecule has 2 saturated carbocycles. The second-order valence-electron chi connectivity index (χ2n) is 9.65. The van der Waals surface area contributed by atoms with Crippen LogP contribution in [-0.2, 0) is 26.6 Å². The third-order valence-electron chi connectivity index (χ3n) is 6.52. The molecule has 250 valence electrons. The highest BCUT2D eigenvalue weighted by molar-refractivity contribution is 6.59. The van der Waals surface area contributed by atoms with E-state index in [9.17, 15) is 26.3 Å². The molecule has 0 spiro atoms. The minimum absolute atomic E-state index is 0.612. The molecule has 0 heterocycles. The van der Waals surface area contributed by atoms with E-state index < -0.39 is 42.0 Å². The van der Waals surface area contributed by atoms with Crippen LogP contribution in [0.5, 0.6) is 0 Å². The monoisotopic (exact) mass is 648 g/mol. The van der Waals surface area contributed by atoms with Crippen molar-refractivity contribution in [1.29, 1.82) is 0 Å². The number of rotatable bonds is 13.